The van der Waals surface area contributed by atoms with Crippen LogP contribution in [0.5, 0.6) is 0 Å². The van der Waals surface area contributed by atoms with E-state index in [1.807, 2.05) is 0 Å². The van der Waals surface area contributed by atoms with Crippen molar-refractivity contribution in [2.45, 2.75) is 77.0 Å². The largest absolute Gasteiger partial charge is 0.391 e. The summed E-state index contributed by atoms with van der Waals surface area (Å²) < 4.78 is 0. The molecule has 1 saturated carbocycles. The maximum Gasteiger partial charge on any atom is 0.0695 e. The molecular formula is C14H27NO. The summed E-state index contributed by atoms with van der Waals surface area (Å²) in [5, 5.41) is 10.2. The van der Waals surface area contributed by atoms with Gasteiger partial charge in [-0.05, 0) is 51.5 Å². The first-order valence-electron chi connectivity index (χ1n) is 7.16. The summed E-state index contributed by atoms with van der Waals surface area (Å²) in [5.41, 5.74) is 0. The summed E-state index contributed by atoms with van der Waals surface area (Å²) in [6.07, 6.45) is 8.71. The number of nitrogens with zero attached hydrogens (tertiary/aromatic N) is 1. The molecular weight excluding hydrogens is 198 g/mol. The van der Waals surface area contributed by atoms with Gasteiger partial charge in [0.2, 0.25) is 0 Å². The van der Waals surface area contributed by atoms with Crippen molar-refractivity contribution in [2.75, 3.05) is 6.54 Å². The molecule has 0 amide bonds. The van der Waals surface area contributed by atoms with Crippen LogP contribution in [0.4, 0.5) is 0 Å². The topological polar surface area (TPSA) is 23.5 Å². The van der Waals surface area contributed by atoms with Gasteiger partial charge >= 0.3 is 0 Å². The summed E-state index contributed by atoms with van der Waals surface area (Å²) in [6, 6.07) is 1.14. The van der Waals surface area contributed by atoms with Crippen LogP contribution in [0.25, 0.3) is 0 Å². The van der Waals surface area contributed by atoms with E-state index >= 15 is 0 Å². The Bertz CT molecular complexity index is 219. The van der Waals surface area contributed by atoms with Crippen LogP contribution in [-0.4, -0.2) is 34.7 Å². The van der Waals surface area contributed by atoms with Crippen LogP contribution in [0, 0.1) is 5.92 Å². The molecule has 0 aromatic heterocycles. The van der Waals surface area contributed by atoms with Crippen molar-refractivity contribution in [1.29, 1.82) is 0 Å². The first-order chi connectivity index (χ1) is 7.72. The molecule has 4 atom stereocenters. The molecule has 2 heteroatoms. The van der Waals surface area contributed by atoms with E-state index in [4.69, 9.17) is 0 Å². The summed E-state index contributed by atoms with van der Waals surface area (Å²) in [7, 11) is 0. The third kappa shape index (κ3) is 2.60. The van der Waals surface area contributed by atoms with E-state index in [9.17, 15) is 5.11 Å². The lowest BCUT2D eigenvalue weighted by atomic mass is 9.80. The molecule has 0 aromatic rings. The highest BCUT2D eigenvalue weighted by molar-refractivity contribution is 4.90. The van der Waals surface area contributed by atoms with Gasteiger partial charge in [-0.15, -0.1) is 0 Å². The van der Waals surface area contributed by atoms with Crippen molar-refractivity contribution >= 4 is 0 Å². The molecule has 1 saturated heterocycles. The Morgan fingerprint density at radius 3 is 2.69 bits per heavy atom. The average molecular weight is 225 g/mol. The van der Waals surface area contributed by atoms with Crippen LogP contribution in [0.1, 0.15) is 58.8 Å². The van der Waals surface area contributed by atoms with E-state index in [1.165, 1.54) is 45.1 Å². The van der Waals surface area contributed by atoms with E-state index < -0.39 is 0 Å². The quantitative estimate of drug-likeness (QED) is 0.781. The molecule has 0 bridgehead atoms. The van der Waals surface area contributed by atoms with Gasteiger partial charge < -0.3 is 5.11 Å². The lowest BCUT2D eigenvalue weighted by molar-refractivity contribution is -0.0248. The molecule has 2 nitrogen and oxygen atoms in total. The molecule has 94 valence electrons. The summed E-state index contributed by atoms with van der Waals surface area (Å²) in [6.45, 7) is 5.83. The van der Waals surface area contributed by atoms with Gasteiger partial charge in [0.1, 0.15) is 0 Å². The van der Waals surface area contributed by atoms with Crippen LogP contribution in [0.3, 0.4) is 0 Å². The van der Waals surface area contributed by atoms with Gasteiger partial charge in [-0.2, -0.15) is 0 Å². The molecule has 4 unspecified atom stereocenters. The van der Waals surface area contributed by atoms with Crippen molar-refractivity contribution in [1.82, 2.24) is 4.90 Å². The minimum Gasteiger partial charge on any atom is -0.391 e. The third-order valence-corrected chi connectivity index (χ3v) is 4.75. The normalized spacial score (nSPS) is 42.2. The summed E-state index contributed by atoms with van der Waals surface area (Å²) in [5.74, 6) is 0.850. The zero-order valence-electron chi connectivity index (χ0n) is 10.9. The molecule has 1 aliphatic heterocycles. The van der Waals surface area contributed by atoms with Gasteiger partial charge in [0.25, 0.3) is 0 Å². The van der Waals surface area contributed by atoms with Crippen LogP contribution in [0.2, 0.25) is 0 Å². The molecule has 1 aliphatic carbocycles. The molecule has 2 fully saturated rings. The Balaban J connectivity index is 1.99. The van der Waals surface area contributed by atoms with Gasteiger partial charge in [-0.25, -0.2) is 0 Å². The lowest BCUT2D eigenvalue weighted by Gasteiger charge is -2.45. The second-order valence-electron chi connectivity index (χ2n) is 5.80. The van der Waals surface area contributed by atoms with Gasteiger partial charge in [0, 0.05) is 12.1 Å². The second kappa shape index (κ2) is 5.50. The fourth-order valence-electron chi connectivity index (χ4n) is 3.56. The minimum atomic E-state index is -0.0663. The number of hydrogen-bond acceptors (Lipinski definition) is 2. The Hall–Kier alpha value is -0.0800. The van der Waals surface area contributed by atoms with Crippen LogP contribution >= 0.6 is 0 Å². The molecule has 2 aliphatic rings. The number of likely N-dealkylation sites (tertiary alicyclic amines) is 1. The second-order valence-corrected chi connectivity index (χ2v) is 5.80. The van der Waals surface area contributed by atoms with Crippen LogP contribution in [-0.2, 0) is 0 Å². The number of rotatable bonds is 2. The molecule has 1 N–H and O–H groups in total. The monoisotopic (exact) mass is 225 g/mol. The zero-order chi connectivity index (χ0) is 11.5. The first-order valence-corrected chi connectivity index (χ1v) is 7.16. The lowest BCUT2D eigenvalue weighted by Crippen LogP contribution is -2.52. The van der Waals surface area contributed by atoms with Crippen molar-refractivity contribution in [3.8, 4) is 0 Å². The fraction of sp³-hybridized carbons (Fsp3) is 1.00. The van der Waals surface area contributed by atoms with Gasteiger partial charge in [0.05, 0.1) is 6.10 Å². The Morgan fingerprint density at radius 1 is 1.19 bits per heavy atom. The highest BCUT2D eigenvalue weighted by Crippen LogP contribution is 2.33. The fourth-order valence-corrected chi connectivity index (χ4v) is 3.56. The molecule has 2 rings (SSSR count). The number of aliphatic hydroxyl groups excluding tert-OH is 1. The Kier molecular flexibility index (Phi) is 4.26. The van der Waals surface area contributed by atoms with Crippen LogP contribution < -0.4 is 0 Å². The van der Waals surface area contributed by atoms with Gasteiger partial charge in [-0.1, -0.05) is 19.8 Å². The standard InChI is InChI=1S/C14H27NO/c1-3-12-7-8-14(16)13(10-12)15-9-5-4-6-11(15)2/h11-14,16H,3-10H2,1-2H3. The van der Waals surface area contributed by atoms with E-state index in [-0.39, 0.29) is 6.10 Å². The maximum absolute atomic E-state index is 10.2. The number of aliphatic hydroxyl groups is 1. The highest BCUT2D eigenvalue weighted by Gasteiger charge is 2.35. The van der Waals surface area contributed by atoms with Crippen molar-refractivity contribution in [3.63, 3.8) is 0 Å². The van der Waals surface area contributed by atoms with Gasteiger partial charge in [-0.3, -0.25) is 4.90 Å². The third-order valence-electron chi connectivity index (χ3n) is 4.75. The molecule has 0 aromatic carbocycles. The Labute approximate surface area is 100 Å². The number of piperidine rings is 1. The maximum atomic E-state index is 10.2. The predicted molar refractivity (Wildman–Crippen MR) is 67.4 cm³/mol. The minimum absolute atomic E-state index is 0.0663. The predicted octanol–water partition coefficient (Wildman–Crippen LogP) is 2.80. The smallest absolute Gasteiger partial charge is 0.0695 e. The average Bonchev–Trinajstić information content (AvgIpc) is 2.31. The number of hydrogen-bond donors (Lipinski definition) is 1. The Morgan fingerprint density at radius 2 is 2.00 bits per heavy atom. The van der Waals surface area contributed by atoms with Crippen molar-refractivity contribution in [2.24, 2.45) is 5.92 Å². The summed E-state index contributed by atoms with van der Waals surface area (Å²) in [4.78, 5) is 2.59. The molecule has 1 heterocycles. The summed E-state index contributed by atoms with van der Waals surface area (Å²) >= 11 is 0. The SMILES string of the molecule is CCC1CCC(O)C(N2CCCCC2C)C1. The molecule has 0 radical (unpaired) electrons. The van der Waals surface area contributed by atoms with E-state index in [0.29, 0.717) is 12.1 Å². The molecule has 0 spiro atoms. The molecule has 16 heavy (non-hydrogen) atoms. The first kappa shape index (κ1) is 12.4. The van der Waals surface area contributed by atoms with Gasteiger partial charge in [0.15, 0.2) is 0 Å². The van der Waals surface area contributed by atoms with Crippen molar-refractivity contribution in [3.05, 3.63) is 0 Å². The highest BCUT2D eigenvalue weighted by atomic mass is 16.3. The van der Waals surface area contributed by atoms with E-state index in [2.05, 4.69) is 18.7 Å². The van der Waals surface area contributed by atoms with E-state index in [1.54, 1.807) is 0 Å². The zero-order valence-corrected chi connectivity index (χ0v) is 10.9. The van der Waals surface area contributed by atoms with Crippen molar-refractivity contribution < 1.29 is 5.11 Å². The van der Waals surface area contributed by atoms with E-state index in [0.717, 1.165) is 12.3 Å². The van der Waals surface area contributed by atoms with Crippen LogP contribution in [0.15, 0.2) is 0 Å².